The van der Waals surface area contributed by atoms with Crippen LogP contribution in [-0.2, 0) is 10.0 Å². The molecule has 0 atom stereocenters. The topological polar surface area (TPSA) is 89.3 Å². The van der Waals surface area contributed by atoms with E-state index in [1.165, 1.54) is 25.0 Å². The van der Waals surface area contributed by atoms with E-state index < -0.39 is 15.9 Å². The number of halogens is 2. The van der Waals surface area contributed by atoms with Crippen molar-refractivity contribution >= 4 is 39.1 Å². The minimum atomic E-state index is -4.01. The standard InChI is InChI=1S/C13H16Cl2N2O3S/c14-9-5-6-10(21(16,19)20)12(15)11(9)13(18)17-7-1-2-8-3-4-8/h5-6,8H,1-4,7H2,(H,17,18)(H2,16,19,20). The van der Waals surface area contributed by atoms with E-state index in [1.807, 2.05) is 0 Å². The molecule has 0 heterocycles. The molecule has 1 fully saturated rings. The summed E-state index contributed by atoms with van der Waals surface area (Å²) in [6.45, 7) is 0.502. The molecule has 21 heavy (non-hydrogen) atoms. The largest absolute Gasteiger partial charge is 0.352 e. The van der Waals surface area contributed by atoms with Gasteiger partial charge in [0, 0.05) is 6.54 Å². The number of amides is 1. The average molecular weight is 351 g/mol. The van der Waals surface area contributed by atoms with E-state index in [-0.39, 0.29) is 20.5 Å². The number of nitrogens with two attached hydrogens (primary N) is 1. The van der Waals surface area contributed by atoms with E-state index in [0.29, 0.717) is 6.54 Å². The highest BCUT2D eigenvalue weighted by Crippen LogP contribution is 2.33. The Morgan fingerprint density at radius 2 is 2.00 bits per heavy atom. The van der Waals surface area contributed by atoms with Gasteiger partial charge >= 0.3 is 0 Å². The van der Waals surface area contributed by atoms with Crippen LogP contribution in [0.15, 0.2) is 17.0 Å². The first kappa shape index (κ1) is 16.5. The van der Waals surface area contributed by atoms with Gasteiger partial charge in [-0.05, 0) is 30.9 Å². The zero-order valence-electron chi connectivity index (χ0n) is 11.2. The summed E-state index contributed by atoms with van der Waals surface area (Å²) in [6, 6.07) is 2.48. The van der Waals surface area contributed by atoms with Gasteiger partial charge in [0.2, 0.25) is 10.0 Å². The molecular weight excluding hydrogens is 335 g/mol. The summed E-state index contributed by atoms with van der Waals surface area (Å²) in [6.07, 6.45) is 4.49. The van der Waals surface area contributed by atoms with Crippen LogP contribution in [0.25, 0.3) is 0 Å². The Kier molecular flexibility index (Phi) is 5.14. The summed E-state index contributed by atoms with van der Waals surface area (Å²) < 4.78 is 22.8. The van der Waals surface area contributed by atoms with E-state index in [4.69, 9.17) is 28.3 Å². The van der Waals surface area contributed by atoms with Gasteiger partial charge in [0.1, 0.15) is 4.90 Å². The molecule has 1 aromatic carbocycles. The number of carbonyl (C=O) groups excluding carboxylic acids is 1. The van der Waals surface area contributed by atoms with Gasteiger partial charge < -0.3 is 5.32 Å². The summed E-state index contributed by atoms with van der Waals surface area (Å²) in [7, 11) is -4.01. The third-order valence-electron chi connectivity index (χ3n) is 3.36. The van der Waals surface area contributed by atoms with E-state index >= 15 is 0 Å². The summed E-state index contributed by atoms with van der Waals surface area (Å²) in [5.74, 6) is 0.297. The lowest BCUT2D eigenvalue weighted by molar-refractivity contribution is 0.0953. The molecule has 5 nitrogen and oxygen atoms in total. The van der Waals surface area contributed by atoms with Crippen LogP contribution in [0.4, 0.5) is 0 Å². The van der Waals surface area contributed by atoms with Crippen molar-refractivity contribution in [2.75, 3.05) is 6.54 Å². The number of nitrogens with one attached hydrogen (secondary N) is 1. The normalized spacial score (nSPS) is 15.0. The molecule has 0 bridgehead atoms. The fourth-order valence-corrected chi connectivity index (χ4v) is 3.52. The fourth-order valence-electron chi connectivity index (χ4n) is 2.05. The van der Waals surface area contributed by atoms with Gasteiger partial charge in [-0.3, -0.25) is 4.79 Å². The van der Waals surface area contributed by atoms with Gasteiger partial charge in [-0.15, -0.1) is 0 Å². The predicted octanol–water partition coefficient (Wildman–Crippen LogP) is 2.56. The molecule has 0 spiro atoms. The Morgan fingerprint density at radius 1 is 1.33 bits per heavy atom. The summed E-state index contributed by atoms with van der Waals surface area (Å²) in [5.41, 5.74) is -0.0590. The van der Waals surface area contributed by atoms with Crippen LogP contribution in [0.5, 0.6) is 0 Å². The fraction of sp³-hybridized carbons (Fsp3) is 0.462. The van der Waals surface area contributed by atoms with Crippen molar-refractivity contribution < 1.29 is 13.2 Å². The number of carbonyl (C=O) groups is 1. The molecule has 0 aromatic heterocycles. The Labute approximate surface area is 133 Å². The van der Waals surface area contributed by atoms with Crippen molar-refractivity contribution in [3.8, 4) is 0 Å². The Hall–Kier alpha value is -0.820. The van der Waals surface area contributed by atoms with Crippen molar-refractivity contribution in [1.82, 2.24) is 5.32 Å². The number of rotatable bonds is 6. The second-order valence-corrected chi connectivity index (χ2v) is 7.44. The molecule has 0 radical (unpaired) electrons. The van der Waals surface area contributed by atoms with Crippen LogP contribution in [0.2, 0.25) is 10.0 Å². The van der Waals surface area contributed by atoms with Gasteiger partial charge in [0.05, 0.1) is 15.6 Å². The molecule has 1 aliphatic rings. The van der Waals surface area contributed by atoms with Crippen molar-refractivity contribution in [1.29, 1.82) is 0 Å². The molecule has 1 saturated carbocycles. The Morgan fingerprint density at radius 3 is 2.57 bits per heavy atom. The second kappa shape index (κ2) is 6.52. The summed E-state index contributed by atoms with van der Waals surface area (Å²) in [4.78, 5) is 11.8. The minimum Gasteiger partial charge on any atom is -0.352 e. The summed E-state index contributed by atoms with van der Waals surface area (Å²) >= 11 is 11.9. The van der Waals surface area contributed by atoms with Gasteiger partial charge in [-0.25, -0.2) is 13.6 Å². The molecule has 116 valence electrons. The van der Waals surface area contributed by atoms with Crippen molar-refractivity contribution in [3.05, 3.63) is 27.7 Å². The van der Waals surface area contributed by atoms with Gasteiger partial charge in [-0.2, -0.15) is 0 Å². The van der Waals surface area contributed by atoms with Gasteiger partial charge in [-0.1, -0.05) is 36.0 Å². The second-order valence-electron chi connectivity index (χ2n) is 5.12. The first-order valence-electron chi connectivity index (χ1n) is 6.59. The smallest absolute Gasteiger partial charge is 0.254 e. The van der Waals surface area contributed by atoms with E-state index in [1.54, 1.807) is 0 Å². The zero-order chi connectivity index (χ0) is 15.6. The molecule has 1 aliphatic carbocycles. The maximum Gasteiger partial charge on any atom is 0.254 e. The molecule has 0 saturated heterocycles. The number of hydrogen-bond donors (Lipinski definition) is 2. The number of sulfonamides is 1. The highest BCUT2D eigenvalue weighted by atomic mass is 35.5. The van der Waals surface area contributed by atoms with Crippen LogP contribution in [0, 0.1) is 5.92 Å². The molecular formula is C13H16Cl2N2O3S. The molecule has 2 rings (SSSR count). The molecule has 0 aliphatic heterocycles. The number of primary sulfonamides is 1. The maximum absolute atomic E-state index is 12.1. The van der Waals surface area contributed by atoms with E-state index in [0.717, 1.165) is 18.8 Å². The molecule has 0 unspecified atom stereocenters. The van der Waals surface area contributed by atoms with Crippen molar-refractivity contribution in [3.63, 3.8) is 0 Å². The van der Waals surface area contributed by atoms with Crippen LogP contribution < -0.4 is 10.5 Å². The van der Waals surface area contributed by atoms with Crippen LogP contribution in [0.1, 0.15) is 36.0 Å². The lowest BCUT2D eigenvalue weighted by Gasteiger charge is -2.11. The molecule has 3 N–H and O–H groups in total. The van der Waals surface area contributed by atoms with E-state index in [2.05, 4.69) is 5.32 Å². The maximum atomic E-state index is 12.1. The third-order valence-corrected chi connectivity index (χ3v) is 5.13. The first-order chi connectivity index (χ1) is 9.80. The third kappa shape index (κ3) is 4.32. The zero-order valence-corrected chi connectivity index (χ0v) is 13.6. The Bertz CT molecular complexity index is 658. The van der Waals surface area contributed by atoms with Gasteiger partial charge in [0.15, 0.2) is 0 Å². The van der Waals surface area contributed by atoms with Gasteiger partial charge in [0.25, 0.3) is 5.91 Å². The predicted molar refractivity (Wildman–Crippen MR) is 82.1 cm³/mol. The van der Waals surface area contributed by atoms with E-state index in [9.17, 15) is 13.2 Å². The lowest BCUT2D eigenvalue weighted by atomic mass is 10.2. The first-order valence-corrected chi connectivity index (χ1v) is 8.90. The monoisotopic (exact) mass is 350 g/mol. The minimum absolute atomic E-state index is 0.0590. The van der Waals surface area contributed by atoms with Crippen molar-refractivity contribution in [2.24, 2.45) is 11.1 Å². The summed E-state index contributed by atoms with van der Waals surface area (Å²) in [5, 5.41) is 7.59. The molecule has 1 amide bonds. The van der Waals surface area contributed by atoms with Crippen LogP contribution >= 0.6 is 23.2 Å². The highest BCUT2D eigenvalue weighted by molar-refractivity contribution is 7.89. The molecule has 8 heteroatoms. The van der Waals surface area contributed by atoms with Crippen LogP contribution in [0.3, 0.4) is 0 Å². The van der Waals surface area contributed by atoms with Crippen LogP contribution in [-0.4, -0.2) is 20.9 Å². The number of benzene rings is 1. The quantitative estimate of drug-likeness (QED) is 0.772. The number of hydrogen-bond acceptors (Lipinski definition) is 3. The van der Waals surface area contributed by atoms with Crippen molar-refractivity contribution in [2.45, 2.75) is 30.6 Å². The lowest BCUT2D eigenvalue weighted by Crippen LogP contribution is -2.26. The SMILES string of the molecule is NS(=O)(=O)c1ccc(Cl)c(C(=O)NCCCC2CC2)c1Cl. The highest BCUT2D eigenvalue weighted by Gasteiger charge is 2.23. The average Bonchev–Trinajstić information content (AvgIpc) is 3.17. The Balaban J connectivity index is 2.11. The molecule has 1 aromatic rings.